The predicted molar refractivity (Wildman–Crippen MR) is 85.6 cm³/mol. The summed E-state index contributed by atoms with van der Waals surface area (Å²) in [5.74, 6) is 0. The zero-order valence-electron chi connectivity index (χ0n) is 10.4. The van der Waals surface area contributed by atoms with Crippen LogP contribution in [0.3, 0.4) is 0 Å². The first-order valence-electron chi connectivity index (χ1n) is 5.69. The molecular weight excluding hydrogens is 274 g/mol. The normalized spacial score (nSPS) is 11.1. The highest BCUT2D eigenvalue weighted by Gasteiger charge is 2.07. The minimum atomic E-state index is 0.629. The molecule has 0 radical (unpaired) electrons. The van der Waals surface area contributed by atoms with Crippen LogP contribution in [0.2, 0.25) is 0 Å². The fraction of sp³-hybridized carbons (Fsp3) is 0.0714. The predicted octanol–water partition coefficient (Wildman–Crippen LogP) is 3.07. The van der Waals surface area contributed by atoms with E-state index in [0.29, 0.717) is 4.32 Å². The van der Waals surface area contributed by atoms with Gasteiger partial charge in [-0.3, -0.25) is 10.4 Å². The van der Waals surface area contributed by atoms with Gasteiger partial charge in [0.05, 0.1) is 5.69 Å². The molecule has 1 aromatic carbocycles. The molecule has 96 valence electrons. The number of benzene rings is 1. The summed E-state index contributed by atoms with van der Waals surface area (Å²) >= 11 is 6.55. The standard InChI is InChI=1S/C14H13N3S2/c1-19-14(18)17-16-13(11-7-3-2-4-8-11)12-9-5-6-10-15-12/h2-10H,1H3,(H,17,18)/b16-13-. The van der Waals surface area contributed by atoms with Crippen molar-refractivity contribution < 1.29 is 0 Å². The fourth-order valence-electron chi connectivity index (χ4n) is 1.52. The van der Waals surface area contributed by atoms with Gasteiger partial charge in [-0.2, -0.15) is 5.10 Å². The Hall–Kier alpha value is -1.72. The smallest absolute Gasteiger partial charge is 0.153 e. The van der Waals surface area contributed by atoms with E-state index in [1.165, 1.54) is 11.8 Å². The average molecular weight is 287 g/mol. The molecule has 0 bridgehead atoms. The van der Waals surface area contributed by atoms with Crippen molar-refractivity contribution in [2.45, 2.75) is 0 Å². The minimum Gasteiger partial charge on any atom is -0.262 e. The number of rotatable bonds is 3. The maximum atomic E-state index is 5.10. The molecule has 0 saturated heterocycles. The highest BCUT2D eigenvalue weighted by molar-refractivity contribution is 8.22. The van der Waals surface area contributed by atoms with E-state index in [9.17, 15) is 0 Å². The van der Waals surface area contributed by atoms with Crippen LogP contribution in [0.4, 0.5) is 0 Å². The Balaban J connectivity index is 2.37. The van der Waals surface area contributed by atoms with Gasteiger partial charge in [-0.05, 0) is 18.4 Å². The molecule has 0 spiro atoms. The summed E-state index contributed by atoms with van der Waals surface area (Å²) in [6.45, 7) is 0. The van der Waals surface area contributed by atoms with Crippen molar-refractivity contribution in [2.24, 2.45) is 5.10 Å². The number of nitrogens with one attached hydrogen (secondary N) is 1. The third-order valence-electron chi connectivity index (χ3n) is 2.40. The van der Waals surface area contributed by atoms with E-state index in [4.69, 9.17) is 12.2 Å². The Labute approximate surface area is 122 Å². The summed E-state index contributed by atoms with van der Waals surface area (Å²) in [6, 6.07) is 15.7. The lowest BCUT2D eigenvalue weighted by atomic mass is 10.1. The van der Waals surface area contributed by atoms with Crippen LogP contribution in [-0.4, -0.2) is 21.3 Å². The Morgan fingerprint density at radius 2 is 1.89 bits per heavy atom. The maximum absolute atomic E-state index is 5.10. The van der Waals surface area contributed by atoms with Gasteiger partial charge in [-0.1, -0.05) is 60.4 Å². The van der Waals surface area contributed by atoms with Crippen LogP contribution in [0.15, 0.2) is 59.8 Å². The van der Waals surface area contributed by atoms with Gasteiger partial charge < -0.3 is 0 Å². The number of hydrazone groups is 1. The highest BCUT2D eigenvalue weighted by atomic mass is 32.2. The molecule has 0 saturated carbocycles. The van der Waals surface area contributed by atoms with Crippen molar-refractivity contribution in [1.29, 1.82) is 0 Å². The Kier molecular flexibility index (Phi) is 5.06. The second kappa shape index (κ2) is 7.01. The van der Waals surface area contributed by atoms with Gasteiger partial charge in [0.1, 0.15) is 5.71 Å². The average Bonchev–Trinajstić information content (AvgIpc) is 2.49. The molecule has 2 rings (SSSR count). The van der Waals surface area contributed by atoms with Crippen molar-refractivity contribution in [1.82, 2.24) is 10.4 Å². The lowest BCUT2D eigenvalue weighted by Gasteiger charge is -2.07. The molecular formula is C14H13N3S2. The molecule has 1 heterocycles. The number of hydrogen-bond acceptors (Lipinski definition) is 4. The van der Waals surface area contributed by atoms with Crippen LogP contribution in [0.25, 0.3) is 0 Å². The summed E-state index contributed by atoms with van der Waals surface area (Å²) in [4.78, 5) is 4.34. The number of aromatic nitrogens is 1. The summed E-state index contributed by atoms with van der Waals surface area (Å²) in [5.41, 5.74) is 5.46. The first kappa shape index (κ1) is 13.7. The molecule has 1 aromatic heterocycles. The Bertz CT molecular complexity index is 526. The summed E-state index contributed by atoms with van der Waals surface area (Å²) in [5, 5.41) is 4.38. The van der Waals surface area contributed by atoms with Crippen LogP contribution >= 0.6 is 24.0 Å². The third kappa shape index (κ3) is 3.87. The van der Waals surface area contributed by atoms with Crippen LogP contribution in [0, 0.1) is 0 Å². The van der Waals surface area contributed by atoms with Crippen LogP contribution in [0.1, 0.15) is 11.3 Å². The topological polar surface area (TPSA) is 37.3 Å². The summed E-state index contributed by atoms with van der Waals surface area (Å²) < 4.78 is 0.629. The van der Waals surface area contributed by atoms with E-state index >= 15 is 0 Å². The Morgan fingerprint density at radius 3 is 2.53 bits per heavy atom. The second-order valence-electron chi connectivity index (χ2n) is 3.64. The van der Waals surface area contributed by atoms with Crippen molar-refractivity contribution in [3.63, 3.8) is 0 Å². The van der Waals surface area contributed by atoms with Gasteiger partial charge in [-0.15, -0.1) is 0 Å². The third-order valence-corrected chi connectivity index (χ3v) is 3.45. The summed E-state index contributed by atoms with van der Waals surface area (Å²) in [6.07, 6.45) is 3.66. The van der Waals surface area contributed by atoms with E-state index in [1.54, 1.807) is 6.20 Å². The maximum Gasteiger partial charge on any atom is 0.153 e. The molecule has 0 atom stereocenters. The number of hydrogen-bond donors (Lipinski definition) is 1. The first-order chi connectivity index (χ1) is 9.31. The molecule has 0 amide bonds. The van der Waals surface area contributed by atoms with E-state index in [2.05, 4.69) is 15.5 Å². The van der Waals surface area contributed by atoms with Gasteiger partial charge in [0.15, 0.2) is 4.32 Å². The van der Waals surface area contributed by atoms with E-state index in [0.717, 1.165) is 17.0 Å². The number of nitrogens with zero attached hydrogens (tertiary/aromatic N) is 2. The molecule has 0 aliphatic heterocycles. The SMILES string of the molecule is CSC(=S)N/N=C(/c1ccccc1)c1ccccn1. The highest BCUT2D eigenvalue weighted by Crippen LogP contribution is 2.08. The largest absolute Gasteiger partial charge is 0.262 e. The molecule has 1 N–H and O–H groups in total. The molecule has 0 aliphatic carbocycles. The number of thiocarbonyl (C=S) groups is 1. The quantitative estimate of drug-likeness (QED) is 0.535. The van der Waals surface area contributed by atoms with E-state index < -0.39 is 0 Å². The second-order valence-corrected chi connectivity index (χ2v) is 5.13. The van der Waals surface area contributed by atoms with Crippen molar-refractivity contribution >= 4 is 34.0 Å². The van der Waals surface area contributed by atoms with Gasteiger partial charge in [0.25, 0.3) is 0 Å². The van der Waals surface area contributed by atoms with Gasteiger partial charge in [0, 0.05) is 11.8 Å². The first-order valence-corrected chi connectivity index (χ1v) is 7.33. The van der Waals surface area contributed by atoms with Crippen molar-refractivity contribution in [2.75, 3.05) is 6.26 Å². The summed E-state index contributed by atoms with van der Waals surface area (Å²) in [7, 11) is 0. The molecule has 19 heavy (non-hydrogen) atoms. The van der Waals surface area contributed by atoms with Gasteiger partial charge in [-0.25, -0.2) is 0 Å². The van der Waals surface area contributed by atoms with Crippen LogP contribution < -0.4 is 5.43 Å². The Morgan fingerprint density at radius 1 is 1.16 bits per heavy atom. The van der Waals surface area contributed by atoms with Gasteiger partial charge >= 0.3 is 0 Å². The van der Waals surface area contributed by atoms with Crippen molar-refractivity contribution in [3.05, 3.63) is 66.0 Å². The molecule has 0 fully saturated rings. The van der Waals surface area contributed by atoms with Crippen molar-refractivity contribution in [3.8, 4) is 0 Å². The molecule has 0 unspecified atom stereocenters. The number of pyridine rings is 1. The van der Waals surface area contributed by atoms with Crippen LogP contribution in [-0.2, 0) is 0 Å². The monoisotopic (exact) mass is 287 g/mol. The fourth-order valence-corrected chi connectivity index (χ4v) is 1.70. The number of thioether (sulfide) groups is 1. The molecule has 5 heteroatoms. The lowest BCUT2D eigenvalue weighted by Crippen LogP contribution is -2.16. The zero-order valence-corrected chi connectivity index (χ0v) is 12.0. The van der Waals surface area contributed by atoms with Crippen LogP contribution in [0.5, 0.6) is 0 Å². The van der Waals surface area contributed by atoms with E-state index in [-0.39, 0.29) is 0 Å². The van der Waals surface area contributed by atoms with Gasteiger partial charge in [0.2, 0.25) is 0 Å². The molecule has 2 aromatic rings. The zero-order chi connectivity index (χ0) is 13.5. The lowest BCUT2D eigenvalue weighted by molar-refractivity contribution is 1.06. The molecule has 0 aliphatic rings. The minimum absolute atomic E-state index is 0.629. The van der Waals surface area contributed by atoms with E-state index in [1.807, 2.05) is 54.8 Å². The molecule has 3 nitrogen and oxygen atoms in total.